The smallest absolute Gasteiger partial charge is 0.110 e. The fourth-order valence-corrected chi connectivity index (χ4v) is 4.23. The summed E-state index contributed by atoms with van der Waals surface area (Å²) in [6.07, 6.45) is 2.05. The van der Waals surface area contributed by atoms with E-state index in [0.29, 0.717) is 6.54 Å². The molecule has 0 aliphatic heterocycles. The van der Waals surface area contributed by atoms with E-state index in [1.54, 1.807) is 11.3 Å². The number of aryl methyl sites for hydroxylation is 1. The Hall–Kier alpha value is -1.17. The van der Waals surface area contributed by atoms with Gasteiger partial charge in [-0.1, -0.05) is 19.1 Å². The average molecular weight is 364 g/mol. The van der Waals surface area contributed by atoms with Crippen LogP contribution < -0.4 is 5.73 Å². The van der Waals surface area contributed by atoms with Gasteiger partial charge in [-0.25, -0.2) is 4.98 Å². The minimum absolute atomic E-state index is 0.148. The van der Waals surface area contributed by atoms with Gasteiger partial charge in [0.05, 0.1) is 20.9 Å². The van der Waals surface area contributed by atoms with Gasteiger partial charge in [-0.15, -0.1) is 11.3 Å². The Labute approximate surface area is 136 Å². The van der Waals surface area contributed by atoms with Gasteiger partial charge in [0.15, 0.2) is 0 Å². The second-order valence-corrected chi connectivity index (χ2v) is 7.52. The monoisotopic (exact) mass is 363 g/mol. The Balaban J connectivity index is 2.18. The minimum atomic E-state index is 0.148. The third kappa shape index (κ3) is 2.78. The number of fused-ring (bicyclic) bond motifs is 1. The first-order valence-corrected chi connectivity index (χ1v) is 8.76. The van der Waals surface area contributed by atoms with Gasteiger partial charge in [0.1, 0.15) is 5.82 Å². The van der Waals surface area contributed by atoms with Crippen molar-refractivity contribution in [2.45, 2.75) is 25.8 Å². The van der Waals surface area contributed by atoms with Gasteiger partial charge < -0.3 is 10.3 Å². The predicted octanol–water partition coefficient (Wildman–Crippen LogP) is 4.36. The number of halogens is 1. The van der Waals surface area contributed by atoms with Crippen LogP contribution in [0.5, 0.6) is 0 Å². The van der Waals surface area contributed by atoms with Gasteiger partial charge in [0, 0.05) is 17.8 Å². The molecule has 1 aromatic carbocycles. The van der Waals surface area contributed by atoms with E-state index in [9.17, 15) is 0 Å². The Kier molecular flexibility index (Phi) is 4.42. The normalized spacial score (nSPS) is 12.9. The number of thiophene rings is 1. The second kappa shape index (κ2) is 6.30. The molecule has 3 nitrogen and oxygen atoms in total. The van der Waals surface area contributed by atoms with Crippen LogP contribution in [0.4, 0.5) is 0 Å². The number of hydrogen-bond acceptors (Lipinski definition) is 3. The van der Waals surface area contributed by atoms with E-state index in [2.05, 4.69) is 57.8 Å². The van der Waals surface area contributed by atoms with Crippen LogP contribution in [0.2, 0.25) is 0 Å². The van der Waals surface area contributed by atoms with E-state index in [1.807, 2.05) is 6.07 Å². The second-order valence-electron chi connectivity index (χ2n) is 5.03. The highest BCUT2D eigenvalue weighted by molar-refractivity contribution is 9.11. The summed E-state index contributed by atoms with van der Waals surface area (Å²) in [4.78, 5) is 6.07. The summed E-state index contributed by atoms with van der Waals surface area (Å²) in [6, 6.07) is 12.7. The zero-order valence-corrected chi connectivity index (χ0v) is 14.3. The number of nitrogens with zero attached hydrogens (tertiary/aromatic N) is 2. The SMILES string of the molecule is CCCc1nc2ccccc2n1C(CN)c1ccc(Br)s1. The van der Waals surface area contributed by atoms with Crippen molar-refractivity contribution < 1.29 is 0 Å². The van der Waals surface area contributed by atoms with Crippen LogP contribution in [0.3, 0.4) is 0 Å². The maximum Gasteiger partial charge on any atom is 0.110 e. The molecule has 3 rings (SSSR count). The third-order valence-corrected chi connectivity index (χ3v) is 5.32. The van der Waals surface area contributed by atoms with Gasteiger partial charge in [-0.3, -0.25) is 0 Å². The zero-order chi connectivity index (χ0) is 14.8. The van der Waals surface area contributed by atoms with Crippen molar-refractivity contribution in [1.29, 1.82) is 0 Å². The van der Waals surface area contributed by atoms with E-state index < -0.39 is 0 Å². The molecule has 2 aromatic heterocycles. The van der Waals surface area contributed by atoms with Crippen LogP contribution in [0.15, 0.2) is 40.2 Å². The molecule has 0 aliphatic rings. The summed E-state index contributed by atoms with van der Waals surface area (Å²) >= 11 is 5.29. The molecule has 21 heavy (non-hydrogen) atoms. The number of para-hydroxylation sites is 2. The average Bonchev–Trinajstić information content (AvgIpc) is 3.06. The molecular weight excluding hydrogens is 346 g/mol. The summed E-state index contributed by atoms with van der Waals surface area (Å²) in [7, 11) is 0. The fourth-order valence-electron chi connectivity index (χ4n) is 2.70. The van der Waals surface area contributed by atoms with Gasteiger partial charge in [0.2, 0.25) is 0 Å². The topological polar surface area (TPSA) is 43.8 Å². The standard InChI is InChI=1S/C16H18BrN3S/c1-2-5-16-19-11-6-3-4-7-12(11)20(16)13(10-18)14-8-9-15(17)21-14/h3-4,6-9,13H,2,5,10,18H2,1H3. The molecule has 5 heteroatoms. The quantitative estimate of drug-likeness (QED) is 0.731. The summed E-state index contributed by atoms with van der Waals surface area (Å²) in [6.45, 7) is 2.76. The van der Waals surface area contributed by atoms with Crippen molar-refractivity contribution >= 4 is 38.3 Å². The first-order valence-electron chi connectivity index (χ1n) is 7.15. The first kappa shape index (κ1) is 14.8. The van der Waals surface area contributed by atoms with Gasteiger partial charge in [-0.2, -0.15) is 0 Å². The van der Waals surface area contributed by atoms with Gasteiger partial charge in [-0.05, 0) is 46.6 Å². The molecule has 2 N–H and O–H groups in total. The lowest BCUT2D eigenvalue weighted by Crippen LogP contribution is -2.21. The molecule has 3 aromatic rings. The van der Waals surface area contributed by atoms with Crippen LogP contribution in [0, 0.1) is 0 Å². The first-order chi connectivity index (χ1) is 10.2. The number of benzene rings is 1. The molecule has 0 aliphatic carbocycles. The van der Waals surface area contributed by atoms with Crippen LogP contribution in [0.1, 0.15) is 30.1 Å². The minimum Gasteiger partial charge on any atom is -0.328 e. The number of hydrogen-bond donors (Lipinski definition) is 1. The molecule has 0 spiro atoms. The van der Waals surface area contributed by atoms with Crippen LogP contribution in [-0.4, -0.2) is 16.1 Å². The highest BCUT2D eigenvalue weighted by Crippen LogP contribution is 2.32. The van der Waals surface area contributed by atoms with E-state index in [1.165, 1.54) is 10.4 Å². The molecule has 0 saturated heterocycles. The van der Waals surface area contributed by atoms with E-state index >= 15 is 0 Å². The van der Waals surface area contributed by atoms with Crippen molar-refractivity contribution in [1.82, 2.24) is 9.55 Å². The molecule has 0 amide bonds. The lowest BCUT2D eigenvalue weighted by molar-refractivity contribution is 0.585. The molecule has 0 saturated carbocycles. The van der Waals surface area contributed by atoms with E-state index in [4.69, 9.17) is 10.7 Å². The maximum atomic E-state index is 6.10. The molecule has 1 unspecified atom stereocenters. The molecule has 2 heterocycles. The summed E-state index contributed by atoms with van der Waals surface area (Å²) in [5, 5.41) is 0. The maximum absolute atomic E-state index is 6.10. The van der Waals surface area contributed by atoms with E-state index in [0.717, 1.165) is 28.0 Å². The Morgan fingerprint density at radius 3 is 2.76 bits per heavy atom. The number of aromatic nitrogens is 2. The molecular formula is C16H18BrN3S. The highest BCUT2D eigenvalue weighted by Gasteiger charge is 2.20. The third-order valence-electron chi connectivity index (χ3n) is 3.60. The highest BCUT2D eigenvalue weighted by atomic mass is 79.9. The molecule has 0 fully saturated rings. The lowest BCUT2D eigenvalue weighted by atomic mass is 10.2. The van der Waals surface area contributed by atoms with Gasteiger partial charge in [0.25, 0.3) is 0 Å². The van der Waals surface area contributed by atoms with Crippen molar-refractivity contribution in [2.24, 2.45) is 5.73 Å². The van der Waals surface area contributed by atoms with E-state index in [-0.39, 0.29) is 6.04 Å². The summed E-state index contributed by atoms with van der Waals surface area (Å²) in [5.41, 5.74) is 8.32. The lowest BCUT2D eigenvalue weighted by Gasteiger charge is -2.19. The molecule has 110 valence electrons. The molecule has 1 atom stereocenters. The number of rotatable bonds is 5. The largest absolute Gasteiger partial charge is 0.328 e. The fraction of sp³-hybridized carbons (Fsp3) is 0.312. The van der Waals surface area contributed by atoms with Crippen molar-refractivity contribution in [2.75, 3.05) is 6.54 Å². The predicted molar refractivity (Wildman–Crippen MR) is 92.9 cm³/mol. The Morgan fingerprint density at radius 1 is 1.29 bits per heavy atom. The number of imidazole rings is 1. The Morgan fingerprint density at radius 2 is 2.10 bits per heavy atom. The van der Waals surface area contributed by atoms with Crippen molar-refractivity contribution in [3.05, 3.63) is 50.9 Å². The van der Waals surface area contributed by atoms with Crippen molar-refractivity contribution in [3.8, 4) is 0 Å². The number of nitrogens with two attached hydrogens (primary N) is 1. The van der Waals surface area contributed by atoms with Gasteiger partial charge >= 0.3 is 0 Å². The molecule has 0 radical (unpaired) electrons. The molecule has 0 bridgehead atoms. The van der Waals surface area contributed by atoms with Crippen LogP contribution >= 0.6 is 27.3 Å². The summed E-state index contributed by atoms with van der Waals surface area (Å²) < 4.78 is 3.45. The van der Waals surface area contributed by atoms with Crippen LogP contribution in [-0.2, 0) is 6.42 Å². The zero-order valence-electron chi connectivity index (χ0n) is 11.9. The summed E-state index contributed by atoms with van der Waals surface area (Å²) in [5.74, 6) is 1.12. The van der Waals surface area contributed by atoms with Crippen molar-refractivity contribution in [3.63, 3.8) is 0 Å². The van der Waals surface area contributed by atoms with Crippen LogP contribution in [0.25, 0.3) is 11.0 Å². The Bertz CT molecular complexity index is 747.